The summed E-state index contributed by atoms with van der Waals surface area (Å²) in [5.74, 6) is 0. The standard InChI is InChI=1S/C11H14ClNO3S/c1-2-11(14)7-13(8-11)17(15,16)10-6-4-3-5-9(10)12/h3-6,14H,2,7-8H2,1H3. The third-order valence-corrected chi connectivity index (χ3v) is 5.35. The van der Waals surface area contributed by atoms with Crippen LogP contribution < -0.4 is 0 Å². The maximum absolute atomic E-state index is 12.2. The van der Waals surface area contributed by atoms with Crippen LogP contribution in [0.3, 0.4) is 0 Å². The van der Waals surface area contributed by atoms with E-state index in [1.165, 1.54) is 10.4 Å². The first-order valence-electron chi connectivity index (χ1n) is 5.36. The van der Waals surface area contributed by atoms with Gasteiger partial charge < -0.3 is 5.11 Å². The Labute approximate surface area is 106 Å². The smallest absolute Gasteiger partial charge is 0.244 e. The molecule has 6 heteroatoms. The SMILES string of the molecule is CCC1(O)CN(S(=O)(=O)c2ccccc2Cl)C1. The van der Waals surface area contributed by atoms with E-state index < -0.39 is 15.6 Å². The molecule has 2 rings (SSSR count). The average Bonchev–Trinajstić information content (AvgIpc) is 2.25. The first-order valence-corrected chi connectivity index (χ1v) is 7.18. The first kappa shape index (κ1) is 12.8. The summed E-state index contributed by atoms with van der Waals surface area (Å²) in [6.07, 6.45) is 0.543. The molecular weight excluding hydrogens is 262 g/mol. The van der Waals surface area contributed by atoms with Crippen molar-refractivity contribution < 1.29 is 13.5 Å². The molecule has 0 unspecified atom stereocenters. The zero-order valence-electron chi connectivity index (χ0n) is 9.43. The van der Waals surface area contributed by atoms with Crippen LogP contribution in [0.2, 0.25) is 5.02 Å². The molecule has 0 aliphatic carbocycles. The molecule has 0 aromatic heterocycles. The van der Waals surface area contributed by atoms with Crippen LogP contribution in [0.25, 0.3) is 0 Å². The van der Waals surface area contributed by atoms with Gasteiger partial charge in [0.1, 0.15) is 4.90 Å². The van der Waals surface area contributed by atoms with Gasteiger partial charge in [-0.3, -0.25) is 0 Å². The molecule has 0 radical (unpaired) electrons. The first-order chi connectivity index (χ1) is 7.89. The molecule has 1 aromatic carbocycles. The second-order valence-electron chi connectivity index (χ2n) is 4.28. The van der Waals surface area contributed by atoms with Gasteiger partial charge in [0.05, 0.1) is 10.6 Å². The summed E-state index contributed by atoms with van der Waals surface area (Å²) in [4.78, 5) is 0.0971. The van der Waals surface area contributed by atoms with Gasteiger partial charge in [-0.15, -0.1) is 0 Å². The molecule has 1 heterocycles. The van der Waals surface area contributed by atoms with E-state index in [1.54, 1.807) is 18.2 Å². The number of sulfonamides is 1. The van der Waals surface area contributed by atoms with Crippen molar-refractivity contribution in [2.75, 3.05) is 13.1 Å². The lowest BCUT2D eigenvalue weighted by Gasteiger charge is -2.44. The van der Waals surface area contributed by atoms with Crippen LogP contribution in [-0.4, -0.2) is 36.5 Å². The van der Waals surface area contributed by atoms with Gasteiger partial charge in [-0.2, -0.15) is 4.31 Å². The number of rotatable bonds is 3. The predicted molar refractivity (Wildman–Crippen MR) is 65.5 cm³/mol. The number of nitrogens with zero attached hydrogens (tertiary/aromatic N) is 1. The van der Waals surface area contributed by atoms with Gasteiger partial charge in [0.25, 0.3) is 0 Å². The Morgan fingerprint density at radius 1 is 1.41 bits per heavy atom. The van der Waals surface area contributed by atoms with Crippen molar-refractivity contribution >= 4 is 21.6 Å². The molecule has 1 N–H and O–H groups in total. The molecule has 0 amide bonds. The summed E-state index contributed by atoms with van der Waals surface area (Å²) in [5.41, 5.74) is -0.881. The predicted octanol–water partition coefficient (Wildman–Crippen LogP) is 1.49. The highest BCUT2D eigenvalue weighted by molar-refractivity contribution is 7.89. The van der Waals surface area contributed by atoms with Crippen molar-refractivity contribution in [2.24, 2.45) is 0 Å². The van der Waals surface area contributed by atoms with E-state index in [1.807, 2.05) is 6.92 Å². The highest BCUT2D eigenvalue weighted by Gasteiger charge is 2.46. The molecule has 17 heavy (non-hydrogen) atoms. The summed E-state index contributed by atoms with van der Waals surface area (Å²) >= 11 is 5.87. The van der Waals surface area contributed by atoms with Crippen LogP contribution in [0, 0.1) is 0 Å². The molecule has 1 aliphatic heterocycles. The number of β-amino-alcohol motifs (C(OH)–C–C–N with tert-alkyl or cyclic N) is 1. The Morgan fingerprint density at radius 3 is 2.53 bits per heavy atom. The van der Waals surface area contributed by atoms with E-state index in [2.05, 4.69) is 0 Å². The summed E-state index contributed by atoms with van der Waals surface area (Å²) < 4.78 is 25.6. The van der Waals surface area contributed by atoms with Crippen molar-refractivity contribution in [3.05, 3.63) is 29.3 Å². The van der Waals surface area contributed by atoms with Gasteiger partial charge in [0, 0.05) is 13.1 Å². The number of benzene rings is 1. The van der Waals surface area contributed by atoms with Gasteiger partial charge in [-0.05, 0) is 18.6 Å². The molecule has 1 aromatic rings. The highest BCUT2D eigenvalue weighted by atomic mass is 35.5. The molecule has 1 fully saturated rings. The van der Waals surface area contributed by atoms with E-state index in [0.29, 0.717) is 6.42 Å². The molecular formula is C11H14ClNO3S. The molecule has 0 atom stereocenters. The summed E-state index contributed by atoms with van der Waals surface area (Å²) in [7, 11) is -3.57. The quantitative estimate of drug-likeness (QED) is 0.909. The van der Waals surface area contributed by atoms with Crippen molar-refractivity contribution in [3.63, 3.8) is 0 Å². The van der Waals surface area contributed by atoms with E-state index in [0.717, 1.165) is 0 Å². The van der Waals surface area contributed by atoms with Gasteiger partial charge in [-0.25, -0.2) is 8.42 Å². The molecule has 1 saturated heterocycles. The number of halogens is 1. The second kappa shape index (κ2) is 4.24. The number of hydrogen-bond acceptors (Lipinski definition) is 3. The Hall–Kier alpha value is -0.620. The van der Waals surface area contributed by atoms with E-state index in [-0.39, 0.29) is 23.0 Å². The second-order valence-corrected chi connectivity index (χ2v) is 6.59. The highest BCUT2D eigenvalue weighted by Crippen LogP contribution is 2.32. The third-order valence-electron chi connectivity index (χ3n) is 3.05. The lowest BCUT2D eigenvalue weighted by atomic mass is 9.94. The Bertz CT molecular complexity index is 523. The summed E-state index contributed by atoms with van der Waals surface area (Å²) in [6.45, 7) is 2.10. The van der Waals surface area contributed by atoms with Crippen molar-refractivity contribution in [2.45, 2.75) is 23.8 Å². The van der Waals surface area contributed by atoms with Gasteiger partial charge in [0.15, 0.2) is 0 Å². The van der Waals surface area contributed by atoms with Crippen LogP contribution in [-0.2, 0) is 10.0 Å². The molecule has 1 aliphatic rings. The maximum atomic E-state index is 12.2. The molecule has 0 spiro atoms. The van der Waals surface area contributed by atoms with E-state index in [4.69, 9.17) is 11.6 Å². The average molecular weight is 276 g/mol. The Morgan fingerprint density at radius 2 is 2.00 bits per heavy atom. The third kappa shape index (κ3) is 2.20. The fourth-order valence-corrected chi connectivity index (χ4v) is 3.89. The van der Waals surface area contributed by atoms with E-state index >= 15 is 0 Å². The largest absolute Gasteiger partial charge is 0.387 e. The topological polar surface area (TPSA) is 57.6 Å². The zero-order chi connectivity index (χ0) is 12.7. The van der Waals surface area contributed by atoms with Crippen molar-refractivity contribution in [3.8, 4) is 0 Å². The molecule has 4 nitrogen and oxygen atoms in total. The minimum Gasteiger partial charge on any atom is -0.387 e. The van der Waals surface area contributed by atoms with Crippen LogP contribution in [0.15, 0.2) is 29.2 Å². The fraction of sp³-hybridized carbons (Fsp3) is 0.455. The zero-order valence-corrected chi connectivity index (χ0v) is 11.0. The van der Waals surface area contributed by atoms with Crippen LogP contribution >= 0.6 is 11.6 Å². The van der Waals surface area contributed by atoms with Gasteiger partial charge in [-0.1, -0.05) is 30.7 Å². The van der Waals surface area contributed by atoms with Crippen LogP contribution in [0.1, 0.15) is 13.3 Å². The minimum absolute atomic E-state index is 0.0971. The molecule has 0 saturated carbocycles. The fourth-order valence-electron chi connectivity index (χ4n) is 1.80. The molecule has 0 bridgehead atoms. The van der Waals surface area contributed by atoms with Gasteiger partial charge in [0.2, 0.25) is 10.0 Å². The lowest BCUT2D eigenvalue weighted by Crippen LogP contribution is -2.62. The van der Waals surface area contributed by atoms with Crippen molar-refractivity contribution in [1.29, 1.82) is 0 Å². The monoisotopic (exact) mass is 275 g/mol. The summed E-state index contributed by atoms with van der Waals surface area (Å²) in [6, 6.07) is 6.33. The van der Waals surface area contributed by atoms with Gasteiger partial charge >= 0.3 is 0 Å². The van der Waals surface area contributed by atoms with E-state index in [9.17, 15) is 13.5 Å². The number of hydrogen-bond donors (Lipinski definition) is 1. The minimum atomic E-state index is -3.57. The van der Waals surface area contributed by atoms with Crippen LogP contribution in [0.5, 0.6) is 0 Å². The van der Waals surface area contributed by atoms with Crippen LogP contribution in [0.4, 0.5) is 0 Å². The summed E-state index contributed by atoms with van der Waals surface area (Å²) in [5, 5.41) is 10.0. The Balaban J connectivity index is 2.26. The lowest BCUT2D eigenvalue weighted by molar-refractivity contribution is -0.0613. The van der Waals surface area contributed by atoms with Crippen molar-refractivity contribution in [1.82, 2.24) is 4.31 Å². The normalized spacial score (nSPS) is 19.9. The number of aliphatic hydroxyl groups is 1. The Kier molecular flexibility index (Phi) is 3.20. The maximum Gasteiger partial charge on any atom is 0.244 e. The molecule has 94 valence electrons.